The lowest BCUT2D eigenvalue weighted by atomic mass is 9.74. The molecule has 1 aliphatic rings. The van der Waals surface area contributed by atoms with Gasteiger partial charge in [-0.25, -0.2) is 9.97 Å². The fraction of sp³-hybridized carbons (Fsp3) is 0.0612. The molecule has 0 N–H and O–H groups in total. The summed E-state index contributed by atoms with van der Waals surface area (Å²) >= 11 is 0. The smallest absolute Gasteiger partial charge is 0.213 e. The number of benzene rings is 7. The second kappa shape index (κ2) is 10.6. The minimum absolute atomic E-state index is 0.238. The van der Waals surface area contributed by atoms with Crippen LogP contribution in [-0.2, 0) is 5.41 Å². The van der Waals surface area contributed by atoms with E-state index in [-0.39, 0.29) is 5.41 Å². The molecule has 0 radical (unpaired) electrons. The van der Waals surface area contributed by atoms with Crippen molar-refractivity contribution < 1.29 is 8.83 Å². The molecule has 0 bridgehead atoms. The molecule has 0 unspecified atom stereocenters. The molecule has 12 rings (SSSR count). The second-order valence-corrected chi connectivity index (χ2v) is 14.9. The van der Waals surface area contributed by atoms with Crippen LogP contribution in [-0.4, -0.2) is 14.5 Å². The van der Waals surface area contributed by atoms with Gasteiger partial charge in [-0.2, -0.15) is 0 Å². The van der Waals surface area contributed by atoms with Crippen molar-refractivity contribution in [1.82, 2.24) is 14.5 Å². The first-order valence-corrected chi connectivity index (χ1v) is 18.4. The van der Waals surface area contributed by atoms with Crippen molar-refractivity contribution in [2.75, 3.05) is 0 Å². The van der Waals surface area contributed by atoms with E-state index in [0.29, 0.717) is 5.82 Å². The van der Waals surface area contributed by atoms with E-state index in [1.165, 1.54) is 27.4 Å². The topological polar surface area (TPSA) is 57.0 Å². The quantitative estimate of drug-likeness (QED) is 0.185. The molecule has 254 valence electrons. The summed E-state index contributed by atoms with van der Waals surface area (Å²) in [5, 5.41) is 6.72. The first-order chi connectivity index (χ1) is 26.5. The zero-order chi connectivity index (χ0) is 35.7. The number of hydrogen-bond donors (Lipinski definition) is 0. The molecule has 5 nitrogen and oxygen atoms in total. The van der Waals surface area contributed by atoms with Crippen LogP contribution < -0.4 is 0 Å². The van der Waals surface area contributed by atoms with Gasteiger partial charge in [-0.1, -0.05) is 123 Å². The number of furan rings is 2. The summed E-state index contributed by atoms with van der Waals surface area (Å²) in [4.78, 5) is 10.4. The standard InChI is InChI=1S/C49H31N3O2/c1-49(2)37-20-11-18-35-43-34-16-5-8-23-42(34)54-48(43)52(45(35)37)40-25-24-29(27-38(40)49)28-12-9-13-30(26-28)47-50-39-21-6-3-15-33(39)44(51-47)36-19-10-17-32-31-14-4-7-22-41(31)53-46(32)36/h3-27H,1-2H3. The van der Waals surface area contributed by atoms with E-state index < -0.39 is 0 Å². The Labute approximate surface area is 309 Å². The third-order valence-electron chi connectivity index (χ3n) is 11.6. The van der Waals surface area contributed by atoms with Gasteiger partial charge in [0.2, 0.25) is 5.71 Å². The van der Waals surface area contributed by atoms with Gasteiger partial charge in [0.1, 0.15) is 16.7 Å². The summed E-state index contributed by atoms with van der Waals surface area (Å²) in [6.45, 7) is 4.68. The fourth-order valence-electron chi connectivity index (χ4n) is 9.01. The van der Waals surface area contributed by atoms with Crippen LogP contribution in [0.1, 0.15) is 25.0 Å². The maximum Gasteiger partial charge on any atom is 0.213 e. The Morgan fingerprint density at radius 2 is 1.20 bits per heavy atom. The van der Waals surface area contributed by atoms with Crippen LogP contribution >= 0.6 is 0 Å². The lowest BCUT2D eigenvalue weighted by molar-refractivity contribution is 0.612. The largest absolute Gasteiger partial charge is 0.455 e. The van der Waals surface area contributed by atoms with E-state index in [4.69, 9.17) is 18.8 Å². The van der Waals surface area contributed by atoms with E-state index in [1.807, 2.05) is 30.3 Å². The van der Waals surface area contributed by atoms with E-state index >= 15 is 0 Å². The van der Waals surface area contributed by atoms with E-state index in [2.05, 4.69) is 140 Å². The Kier molecular flexibility index (Phi) is 5.78. The van der Waals surface area contributed by atoms with Gasteiger partial charge in [-0.3, -0.25) is 4.57 Å². The number of nitrogens with zero attached hydrogens (tertiary/aromatic N) is 3. The Morgan fingerprint density at radius 3 is 2.09 bits per heavy atom. The number of hydrogen-bond acceptors (Lipinski definition) is 4. The summed E-state index contributed by atoms with van der Waals surface area (Å²) in [5.41, 5.74) is 14.1. The average Bonchev–Trinajstić information content (AvgIpc) is 3.89. The SMILES string of the molecule is CC1(C)c2cc(-c3cccc(-c4nc(-c5cccc6c5oc5ccccc56)c5ccccc5n4)c3)ccc2-n2c3oc4ccccc4c3c3cccc1c32. The summed E-state index contributed by atoms with van der Waals surface area (Å²) < 4.78 is 15.4. The van der Waals surface area contributed by atoms with Crippen molar-refractivity contribution in [3.05, 3.63) is 163 Å². The highest BCUT2D eigenvalue weighted by molar-refractivity contribution is 6.21. The molecule has 11 aromatic rings. The monoisotopic (exact) mass is 693 g/mol. The molecule has 5 heterocycles. The van der Waals surface area contributed by atoms with Gasteiger partial charge in [0, 0.05) is 43.5 Å². The fourth-order valence-corrected chi connectivity index (χ4v) is 9.01. The number of fused-ring (bicyclic) bond motifs is 11. The van der Waals surface area contributed by atoms with E-state index in [0.717, 1.165) is 83.2 Å². The van der Waals surface area contributed by atoms with E-state index in [9.17, 15) is 0 Å². The Balaban J connectivity index is 1.02. The number of rotatable bonds is 3. The zero-order valence-electron chi connectivity index (χ0n) is 29.6. The zero-order valence-corrected chi connectivity index (χ0v) is 29.6. The summed E-state index contributed by atoms with van der Waals surface area (Å²) in [7, 11) is 0. The predicted molar refractivity (Wildman–Crippen MR) is 219 cm³/mol. The van der Waals surface area contributed by atoms with Crippen LogP contribution in [0.2, 0.25) is 0 Å². The van der Waals surface area contributed by atoms with Gasteiger partial charge in [-0.05, 0) is 64.7 Å². The molecule has 0 saturated heterocycles. The molecule has 0 atom stereocenters. The van der Waals surface area contributed by atoms with Crippen molar-refractivity contribution in [3.63, 3.8) is 0 Å². The van der Waals surface area contributed by atoms with Crippen LogP contribution in [0.5, 0.6) is 0 Å². The molecule has 4 aromatic heterocycles. The number of para-hydroxylation sites is 5. The highest BCUT2D eigenvalue weighted by Crippen LogP contribution is 2.50. The van der Waals surface area contributed by atoms with Crippen LogP contribution in [0.15, 0.2) is 160 Å². The Hall–Kier alpha value is -6.98. The first-order valence-electron chi connectivity index (χ1n) is 18.4. The van der Waals surface area contributed by atoms with Crippen molar-refractivity contribution in [2.24, 2.45) is 0 Å². The summed E-state index contributed by atoms with van der Waals surface area (Å²) in [6.07, 6.45) is 0. The van der Waals surface area contributed by atoms with Crippen molar-refractivity contribution >= 4 is 65.8 Å². The molecule has 0 aliphatic carbocycles. The van der Waals surface area contributed by atoms with Crippen LogP contribution in [0.4, 0.5) is 0 Å². The highest BCUT2D eigenvalue weighted by atomic mass is 16.3. The lowest BCUT2D eigenvalue weighted by Crippen LogP contribution is -2.26. The summed E-state index contributed by atoms with van der Waals surface area (Å²) in [6, 6.07) is 53.3. The molecule has 54 heavy (non-hydrogen) atoms. The van der Waals surface area contributed by atoms with Gasteiger partial charge in [-0.15, -0.1) is 0 Å². The van der Waals surface area contributed by atoms with E-state index in [1.54, 1.807) is 0 Å². The van der Waals surface area contributed by atoms with Gasteiger partial charge in [0.25, 0.3) is 0 Å². The molecule has 7 aromatic carbocycles. The molecule has 1 aliphatic heterocycles. The Bertz CT molecular complexity index is 3380. The van der Waals surface area contributed by atoms with Crippen molar-refractivity contribution in [3.8, 4) is 39.5 Å². The van der Waals surface area contributed by atoms with Crippen molar-refractivity contribution in [2.45, 2.75) is 19.3 Å². The third kappa shape index (κ3) is 3.93. The highest BCUT2D eigenvalue weighted by Gasteiger charge is 2.36. The molecule has 5 heteroatoms. The third-order valence-corrected chi connectivity index (χ3v) is 11.6. The Morgan fingerprint density at radius 1 is 0.519 bits per heavy atom. The van der Waals surface area contributed by atoms with Gasteiger partial charge in [0.15, 0.2) is 5.82 Å². The second-order valence-electron chi connectivity index (χ2n) is 14.9. The number of aromatic nitrogens is 3. The maximum absolute atomic E-state index is 6.61. The molecule has 0 amide bonds. The van der Waals surface area contributed by atoms with Crippen LogP contribution in [0, 0.1) is 0 Å². The molecule has 0 spiro atoms. The minimum atomic E-state index is -0.238. The molecular formula is C49H31N3O2. The maximum atomic E-state index is 6.61. The molecule has 0 saturated carbocycles. The average molecular weight is 694 g/mol. The first kappa shape index (κ1) is 29.6. The summed E-state index contributed by atoms with van der Waals surface area (Å²) in [5.74, 6) is 0.674. The molecule has 0 fully saturated rings. The van der Waals surface area contributed by atoms with Crippen LogP contribution in [0.3, 0.4) is 0 Å². The minimum Gasteiger partial charge on any atom is -0.455 e. The van der Waals surface area contributed by atoms with Crippen LogP contribution in [0.25, 0.3) is 105 Å². The van der Waals surface area contributed by atoms with Gasteiger partial charge < -0.3 is 8.83 Å². The normalized spacial score (nSPS) is 13.5. The lowest BCUT2D eigenvalue weighted by Gasteiger charge is -2.34. The van der Waals surface area contributed by atoms with Crippen molar-refractivity contribution in [1.29, 1.82) is 0 Å². The predicted octanol–water partition coefficient (Wildman–Crippen LogP) is 13.0. The van der Waals surface area contributed by atoms with Gasteiger partial charge >= 0.3 is 0 Å². The van der Waals surface area contributed by atoms with Gasteiger partial charge in [0.05, 0.1) is 27.8 Å². The molecular weight excluding hydrogens is 663 g/mol.